The molecule has 0 aliphatic heterocycles. The van der Waals surface area contributed by atoms with Crippen LogP contribution in [0.3, 0.4) is 0 Å². The molecule has 4 aromatic rings. The highest BCUT2D eigenvalue weighted by Gasteiger charge is 2.38. The predicted octanol–water partition coefficient (Wildman–Crippen LogP) is 7.65. The van der Waals surface area contributed by atoms with E-state index in [1.807, 2.05) is 0 Å². The predicted molar refractivity (Wildman–Crippen MR) is 132 cm³/mol. The van der Waals surface area contributed by atoms with Gasteiger partial charge in [0.2, 0.25) is 0 Å². The second-order valence-electron chi connectivity index (χ2n) is 7.97. The van der Waals surface area contributed by atoms with Gasteiger partial charge in [0.15, 0.2) is 5.13 Å². The molecule has 1 amide bonds. The number of fused-ring (bicyclic) bond motifs is 1. The third-order valence-corrected chi connectivity index (χ3v) is 6.55. The van der Waals surface area contributed by atoms with Gasteiger partial charge in [0.05, 0.1) is 27.7 Å². The number of carbonyl (C=O) groups excluding carboxylic acids is 1. The lowest BCUT2D eigenvalue weighted by atomic mass is 10.0. The van der Waals surface area contributed by atoms with Crippen LogP contribution >= 0.6 is 35.3 Å². The number of alkyl halides is 6. The molecule has 0 fully saturated rings. The molecule has 0 unspecified atom stereocenters. The van der Waals surface area contributed by atoms with Crippen LogP contribution in [0.4, 0.5) is 31.5 Å². The van der Waals surface area contributed by atoms with E-state index in [0.717, 1.165) is 16.2 Å². The summed E-state index contributed by atoms with van der Waals surface area (Å²) in [4.78, 5) is 22.9. The number of anilines is 1. The van der Waals surface area contributed by atoms with Crippen LogP contribution in [0.25, 0.3) is 10.2 Å². The van der Waals surface area contributed by atoms with E-state index in [0.29, 0.717) is 45.9 Å². The van der Waals surface area contributed by atoms with Gasteiger partial charge in [-0.3, -0.25) is 9.69 Å². The van der Waals surface area contributed by atoms with Crippen molar-refractivity contribution in [1.82, 2.24) is 14.5 Å². The number of thiazole rings is 1. The molecule has 0 spiro atoms. The molecule has 0 aliphatic carbocycles. The number of nitrogens with zero attached hydrogens (tertiary/aromatic N) is 4. The summed E-state index contributed by atoms with van der Waals surface area (Å²) in [5.41, 5.74) is -2.62. The Kier molecular flexibility index (Phi) is 8.45. The number of aromatic nitrogens is 3. The van der Waals surface area contributed by atoms with Crippen molar-refractivity contribution in [2.24, 2.45) is 0 Å². The minimum Gasteiger partial charge on any atom is -0.337 e. The fourth-order valence-corrected chi connectivity index (χ4v) is 5.05. The molecule has 0 saturated carbocycles. The van der Waals surface area contributed by atoms with Crippen molar-refractivity contribution in [1.29, 1.82) is 0 Å². The third-order valence-electron chi connectivity index (χ3n) is 5.31. The zero-order valence-electron chi connectivity index (χ0n) is 18.9. The highest BCUT2D eigenvalue weighted by atomic mass is 35.5. The van der Waals surface area contributed by atoms with Gasteiger partial charge in [-0.2, -0.15) is 26.3 Å². The molecule has 2 aromatic heterocycles. The standard InChI is InChI=1S/C23H17ClF6N4OS.ClH/c1-13-7-17(24)11-18-19(13)32-21(36-18)34(5-2-4-33-6-3-31-12-33)20(35)14-8-15(22(25,26)27)10-16(9-14)23(28,29)30;/h3,6-12H,2,4-5H2,1H3;1H. The number of hydrogen-bond acceptors (Lipinski definition) is 4. The number of benzene rings is 2. The van der Waals surface area contributed by atoms with Crippen LogP contribution < -0.4 is 4.90 Å². The minimum atomic E-state index is -5.08. The Balaban J connectivity index is 0.00000380. The van der Waals surface area contributed by atoms with Crippen LogP contribution in [-0.4, -0.2) is 27.0 Å². The topological polar surface area (TPSA) is 51.0 Å². The largest absolute Gasteiger partial charge is 0.416 e. The first-order valence-electron chi connectivity index (χ1n) is 10.5. The number of carbonyl (C=O) groups is 1. The van der Waals surface area contributed by atoms with Gasteiger partial charge < -0.3 is 4.57 Å². The zero-order valence-corrected chi connectivity index (χ0v) is 21.3. The number of imidazole rings is 1. The molecule has 14 heteroatoms. The lowest BCUT2D eigenvalue weighted by Crippen LogP contribution is -2.33. The van der Waals surface area contributed by atoms with E-state index in [1.54, 1.807) is 42.3 Å². The fraction of sp³-hybridized carbons (Fsp3) is 0.261. The highest BCUT2D eigenvalue weighted by molar-refractivity contribution is 7.22. The fourth-order valence-electron chi connectivity index (χ4n) is 3.61. The van der Waals surface area contributed by atoms with E-state index in [2.05, 4.69) is 9.97 Å². The van der Waals surface area contributed by atoms with Gasteiger partial charge in [0.25, 0.3) is 5.91 Å². The number of aryl methyl sites for hydroxylation is 2. The van der Waals surface area contributed by atoms with E-state index < -0.39 is 35.0 Å². The Bertz CT molecular complexity index is 1370. The summed E-state index contributed by atoms with van der Waals surface area (Å²) in [5.74, 6) is -1.03. The van der Waals surface area contributed by atoms with Crippen molar-refractivity contribution in [3.8, 4) is 0 Å². The monoisotopic (exact) mass is 582 g/mol. The quantitative estimate of drug-likeness (QED) is 0.219. The molecule has 5 nitrogen and oxygen atoms in total. The van der Waals surface area contributed by atoms with Gasteiger partial charge in [0.1, 0.15) is 0 Å². The van der Waals surface area contributed by atoms with Crippen LogP contribution in [0, 0.1) is 6.92 Å². The molecular weight excluding hydrogens is 565 g/mol. The lowest BCUT2D eigenvalue weighted by molar-refractivity contribution is -0.143. The molecule has 0 bridgehead atoms. The van der Waals surface area contributed by atoms with Crippen LogP contribution in [0.15, 0.2) is 49.1 Å². The SMILES string of the molecule is Cc1cc(Cl)cc2sc(N(CCCn3ccnc3)C(=O)c3cc(C(F)(F)F)cc(C(F)(F)F)c3)nc12.Cl. The number of amides is 1. The number of halogens is 8. The summed E-state index contributed by atoms with van der Waals surface area (Å²) in [6, 6.07) is 4.14. The first-order valence-corrected chi connectivity index (χ1v) is 11.7. The smallest absolute Gasteiger partial charge is 0.337 e. The maximum Gasteiger partial charge on any atom is 0.416 e. The summed E-state index contributed by atoms with van der Waals surface area (Å²) in [6.07, 6.45) is -5.01. The maximum absolute atomic E-state index is 13.4. The van der Waals surface area contributed by atoms with Gasteiger partial charge in [-0.1, -0.05) is 22.9 Å². The summed E-state index contributed by atoms with van der Waals surface area (Å²) >= 11 is 7.18. The van der Waals surface area contributed by atoms with E-state index in [9.17, 15) is 31.1 Å². The first kappa shape index (κ1) is 28.7. The van der Waals surface area contributed by atoms with E-state index >= 15 is 0 Å². The number of rotatable bonds is 6. The molecule has 198 valence electrons. The second kappa shape index (κ2) is 10.9. The van der Waals surface area contributed by atoms with Crippen molar-refractivity contribution in [2.45, 2.75) is 32.2 Å². The molecule has 2 heterocycles. The van der Waals surface area contributed by atoms with Crippen molar-refractivity contribution < 1.29 is 31.1 Å². The molecule has 0 N–H and O–H groups in total. The third kappa shape index (κ3) is 6.55. The number of hydrogen-bond donors (Lipinski definition) is 0. The molecular formula is C23H18Cl2F6N4OS. The van der Waals surface area contributed by atoms with Crippen LogP contribution in [0.2, 0.25) is 5.02 Å². The second-order valence-corrected chi connectivity index (χ2v) is 9.42. The average Bonchev–Trinajstić information content (AvgIpc) is 3.45. The van der Waals surface area contributed by atoms with Crippen molar-refractivity contribution in [3.63, 3.8) is 0 Å². The minimum absolute atomic E-state index is 0. The van der Waals surface area contributed by atoms with Gasteiger partial charge >= 0.3 is 12.4 Å². The van der Waals surface area contributed by atoms with E-state index in [-0.39, 0.29) is 30.1 Å². The van der Waals surface area contributed by atoms with Crippen LogP contribution in [0.5, 0.6) is 0 Å². The van der Waals surface area contributed by atoms with Crippen molar-refractivity contribution >= 4 is 56.6 Å². The Labute approximate surface area is 222 Å². The Morgan fingerprint density at radius 2 is 1.70 bits per heavy atom. The zero-order chi connectivity index (χ0) is 26.3. The van der Waals surface area contributed by atoms with Crippen LogP contribution in [-0.2, 0) is 18.9 Å². The Morgan fingerprint density at radius 3 is 2.27 bits per heavy atom. The van der Waals surface area contributed by atoms with Gasteiger partial charge in [-0.15, -0.1) is 12.4 Å². The first-order chi connectivity index (χ1) is 16.8. The van der Waals surface area contributed by atoms with Crippen molar-refractivity contribution in [2.75, 3.05) is 11.4 Å². The summed E-state index contributed by atoms with van der Waals surface area (Å²) in [5, 5.41) is 0.567. The maximum atomic E-state index is 13.4. The van der Waals surface area contributed by atoms with Crippen LogP contribution in [0.1, 0.15) is 33.5 Å². The lowest BCUT2D eigenvalue weighted by Gasteiger charge is -2.21. The van der Waals surface area contributed by atoms with Gasteiger partial charge in [-0.25, -0.2) is 9.97 Å². The molecule has 0 atom stereocenters. The molecule has 2 aromatic carbocycles. The van der Waals surface area contributed by atoms with Gasteiger partial charge in [-0.05, 0) is 49.2 Å². The molecule has 0 saturated heterocycles. The van der Waals surface area contributed by atoms with Gasteiger partial charge in [0, 0.05) is 36.1 Å². The molecule has 0 aliphatic rings. The Hall–Kier alpha value is -2.83. The molecule has 4 rings (SSSR count). The van der Waals surface area contributed by atoms with Crippen molar-refractivity contribution in [3.05, 3.63) is 76.3 Å². The molecule has 0 radical (unpaired) electrons. The average molecular weight is 583 g/mol. The summed E-state index contributed by atoms with van der Waals surface area (Å²) in [7, 11) is 0. The summed E-state index contributed by atoms with van der Waals surface area (Å²) in [6.45, 7) is 2.16. The van der Waals surface area contributed by atoms with E-state index in [4.69, 9.17) is 11.6 Å². The normalized spacial score (nSPS) is 12.0. The highest BCUT2D eigenvalue weighted by Crippen LogP contribution is 2.38. The van der Waals surface area contributed by atoms with E-state index in [1.165, 1.54) is 0 Å². The molecule has 37 heavy (non-hydrogen) atoms. The summed E-state index contributed by atoms with van der Waals surface area (Å²) < 4.78 is 82.6. The Morgan fingerprint density at radius 1 is 1.05 bits per heavy atom.